The van der Waals surface area contributed by atoms with Gasteiger partial charge >= 0.3 is 5.97 Å². The molecule has 1 fully saturated rings. The van der Waals surface area contributed by atoms with Gasteiger partial charge in [0, 0.05) is 22.6 Å². The van der Waals surface area contributed by atoms with Crippen LogP contribution in [0.25, 0.3) is 0 Å². The van der Waals surface area contributed by atoms with Crippen molar-refractivity contribution in [3.05, 3.63) is 38.3 Å². The number of hydrogen-bond acceptors (Lipinski definition) is 4. The number of nitro benzene ring substituents is 1. The molecule has 0 heterocycles. The molecule has 8 heteroatoms. The lowest BCUT2D eigenvalue weighted by atomic mass is 10.1. The third-order valence-electron chi connectivity index (χ3n) is 2.95. The SMILES string of the molecule is O=C(O)CN(C(=O)c1cc([N+](=O)[O-])ccc1Br)C1CC1. The highest BCUT2D eigenvalue weighted by molar-refractivity contribution is 9.10. The lowest BCUT2D eigenvalue weighted by Gasteiger charge is -2.20. The Morgan fingerprint density at radius 1 is 1.45 bits per heavy atom. The van der Waals surface area contributed by atoms with Gasteiger partial charge in [-0.2, -0.15) is 0 Å². The first-order valence-electron chi connectivity index (χ1n) is 5.87. The van der Waals surface area contributed by atoms with Crippen LogP contribution >= 0.6 is 15.9 Å². The summed E-state index contributed by atoms with van der Waals surface area (Å²) < 4.78 is 0.407. The summed E-state index contributed by atoms with van der Waals surface area (Å²) in [5.41, 5.74) is -0.102. The second-order valence-corrected chi connectivity index (χ2v) is 5.33. The molecule has 1 amide bonds. The van der Waals surface area contributed by atoms with Crippen molar-refractivity contribution < 1.29 is 19.6 Å². The van der Waals surface area contributed by atoms with E-state index < -0.39 is 23.3 Å². The first-order valence-corrected chi connectivity index (χ1v) is 6.66. The summed E-state index contributed by atoms with van der Waals surface area (Å²) in [5, 5.41) is 19.6. The molecule has 0 spiro atoms. The van der Waals surface area contributed by atoms with E-state index in [1.165, 1.54) is 17.0 Å². The third kappa shape index (κ3) is 3.13. The van der Waals surface area contributed by atoms with Gasteiger partial charge in [-0.05, 0) is 34.8 Å². The molecule has 0 saturated heterocycles. The third-order valence-corrected chi connectivity index (χ3v) is 3.64. The van der Waals surface area contributed by atoms with Gasteiger partial charge < -0.3 is 10.0 Å². The molecule has 1 aliphatic carbocycles. The fourth-order valence-corrected chi connectivity index (χ4v) is 2.26. The zero-order valence-electron chi connectivity index (χ0n) is 10.3. The number of non-ortho nitro benzene ring substituents is 1. The predicted molar refractivity (Wildman–Crippen MR) is 72.5 cm³/mol. The van der Waals surface area contributed by atoms with Crippen molar-refractivity contribution in [1.29, 1.82) is 0 Å². The van der Waals surface area contributed by atoms with Crippen molar-refractivity contribution in [2.75, 3.05) is 6.54 Å². The van der Waals surface area contributed by atoms with Gasteiger partial charge in [-0.15, -0.1) is 0 Å². The van der Waals surface area contributed by atoms with E-state index >= 15 is 0 Å². The van der Waals surface area contributed by atoms with Gasteiger partial charge in [0.15, 0.2) is 0 Å². The van der Waals surface area contributed by atoms with E-state index in [0.29, 0.717) is 4.47 Å². The second kappa shape index (κ2) is 5.58. The van der Waals surface area contributed by atoms with Gasteiger partial charge in [0.05, 0.1) is 10.5 Å². The van der Waals surface area contributed by atoms with Gasteiger partial charge in [0.2, 0.25) is 0 Å². The zero-order chi connectivity index (χ0) is 14.9. The molecule has 0 unspecified atom stereocenters. The van der Waals surface area contributed by atoms with Crippen LogP contribution in [0.5, 0.6) is 0 Å². The van der Waals surface area contributed by atoms with Crippen molar-refractivity contribution in [2.45, 2.75) is 18.9 Å². The number of amides is 1. The van der Waals surface area contributed by atoms with Gasteiger partial charge in [-0.3, -0.25) is 19.7 Å². The monoisotopic (exact) mass is 342 g/mol. The molecule has 1 aromatic rings. The molecule has 20 heavy (non-hydrogen) atoms. The Hall–Kier alpha value is -1.96. The summed E-state index contributed by atoms with van der Waals surface area (Å²) in [6, 6.07) is 3.75. The first kappa shape index (κ1) is 14.4. The normalized spacial score (nSPS) is 13.8. The molecule has 1 saturated carbocycles. The Balaban J connectivity index is 2.33. The van der Waals surface area contributed by atoms with Crippen molar-refractivity contribution in [1.82, 2.24) is 4.90 Å². The van der Waals surface area contributed by atoms with Crippen LogP contribution in [0.4, 0.5) is 5.69 Å². The van der Waals surface area contributed by atoms with E-state index in [1.807, 2.05) is 0 Å². The minimum Gasteiger partial charge on any atom is -0.480 e. The number of carbonyl (C=O) groups excluding carboxylic acids is 1. The molecule has 1 N–H and O–H groups in total. The lowest BCUT2D eigenvalue weighted by Crippen LogP contribution is -2.37. The molecule has 1 aromatic carbocycles. The maximum absolute atomic E-state index is 12.4. The number of halogens is 1. The van der Waals surface area contributed by atoms with Crippen molar-refractivity contribution in [3.63, 3.8) is 0 Å². The van der Waals surface area contributed by atoms with Crippen LogP contribution in [-0.2, 0) is 4.79 Å². The van der Waals surface area contributed by atoms with Gasteiger partial charge in [-0.1, -0.05) is 0 Å². The number of nitro groups is 1. The van der Waals surface area contributed by atoms with Crippen molar-refractivity contribution in [2.24, 2.45) is 0 Å². The highest BCUT2D eigenvalue weighted by atomic mass is 79.9. The zero-order valence-corrected chi connectivity index (χ0v) is 11.9. The molecule has 7 nitrogen and oxygen atoms in total. The Bertz CT molecular complexity index is 585. The van der Waals surface area contributed by atoms with E-state index in [0.717, 1.165) is 18.9 Å². The number of aliphatic carboxylic acids is 1. The Morgan fingerprint density at radius 2 is 2.10 bits per heavy atom. The van der Waals surface area contributed by atoms with E-state index in [-0.39, 0.29) is 17.3 Å². The largest absolute Gasteiger partial charge is 0.480 e. The second-order valence-electron chi connectivity index (χ2n) is 4.48. The molecular weight excluding hydrogens is 332 g/mol. The van der Waals surface area contributed by atoms with E-state index in [2.05, 4.69) is 15.9 Å². The molecule has 1 aliphatic rings. The van der Waals surface area contributed by atoms with Gasteiger partial charge in [0.1, 0.15) is 6.54 Å². The van der Waals surface area contributed by atoms with E-state index in [4.69, 9.17) is 5.11 Å². The summed E-state index contributed by atoms with van der Waals surface area (Å²) >= 11 is 3.17. The smallest absolute Gasteiger partial charge is 0.323 e. The average molecular weight is 343 g/mol. The number of rotatable bonds is 5. The quantitative estimate of drug-likeness (QED) is 0.651. The summed E-state index contributed by atoms with van der Waals surface area (Å²) in [4.78, 5) is 34.6. The van der Waals surface area contributed by atoms with Crippen LogP contribution in [0.1, 0.15) is 23.2 Å². The van der Waals surface area contributed by atoms with Crippen molar-refractivity contribution >= 4 is 33.5 Å². The van der Waals surface area contributed by atoms with E-state index in [1.54, 1.807) is 0 Å². The first-order chi connectivity index (χ1) is 9.40. The topological polar surface area (TPSA) is 101 Å². The Labute approximate surface area is 122 Å². The highest BCUT2D eigenvalue weighted by Crippen LogP contribution is 2.30. The van der Waals surface area contributed by atoms with Crippen LogP contribution < -0.4 is 0 Å². The minimum absolute atomic E-state index is 0.0928. The summed E-state index contributed by atoms with van der Waals surface area (Å²) in [7, 11) is 0. The van der Waals surface area contributed by atoms with Gasteiger partial charge in [0.25, 0.3) is 11.6 Å². The van der Waals surface area contributed by atoms with Crippen LogP contribution in [0.15, 0.2) is 22.7 Å². The Morgan fingerprint density at radius 3 is 2.60 bits per heavy atom. The number of nitrogens with zero attached hydrogens (tertiary/aromatic N) is 2. The number of hydrogen-bond donors (Lipinski definition) is 1. The van der Waals surface area contributed by atoms with Gasteiger partial charge in [-0.25, -0.2) is 0 Å². The molecule has 0 aromatic heterocycles. The fourth-order valence-electron chi connectivity index (χ4n) is 1.84. The van der Waals surface area contributed by atoms with Crippen molar-refractivity contribution in [3.8, 4) is 0 Å². The number of carboxylic acid groups (broad SMARTS) is 1. The minimum atomic E-state index is -1.10. The standard InChI is InChI=1S/C12H11BrN2O5/c13-10-4-3-8(15(19)20)5-9(10)12(18)14(6-11(16)17)7-1-2-7/h3-5,7H,1-2,6H2,(H,16,17). The molecule has 0 bridgehead atoms. The van der Waals surface area contributed by atoms with Crippen LogP contribution in [0.3, 0.4) is 0 Å². The van der Waals surface area contributed by atoms with Crippen LogP contribution in [0, 0.1) is 10.1 Å². The summed E-state index contributed by atoms with van der Waals surface area (Å²) in [5.74, 6) is -1.61. The lowest BCUT2D eigenvalue weighted by molar-refractivity contribution is -0.384. The van der Waals surface area contributed by atoms with E-state index in [9.17, 15) is 19.7 Å². The molecule has 0 aliphatic heterocycles. The fraction of sp³-hybridized carbons (Fsp3) is 0.333. The van der Waals surface area contributed by atoms with Crippen LogP contribution in [-0.4, -0.2) is 39.4 Å². The summed E-state index contributed by atoms with van der Waals surface area (Å²) in [6.07, 6.45) is 1.51. The molecule has 0 atom stereocenters. The maximum Gasteiger partial charge on any atom is 0.323 e. The van der Waals surface area contributed by atoms with Crippen LogP contribution in [0.2, 0.25) is 0 Å². The average Bonchev–Trinajstić information content (AvgIpc) is 3.19. The molecule has 2 rings (SSSR count). The Kier molecular flexibility index (Phi) is 4.03. The molecule has 106 valence electrons. The number of benzene rings is 1. The maximum atomic E-state index is 12.4. The molecule has 0 radical (unpaired) electrons. The summed E-state index contributed by atoms with van der Waals surface area (Å²) in [6.45, 7) is -0.404. The predicted octanol–water partition coefficient (Wildman–Crippen LogP) is 2.05. The highest BCUT2D eigenvalue weighted by Gasteiger charge is 2.35. The number of carboxylic acids is 1. The number of carbonyl (C=O) groups is 2. The molecular formula is C12H11BrN2O5.